The number of carboxylic acids is 1. The van der Waals surface area contributed by atoms with E-state index in [-0.39, 0.29) is 12.4 Å². The molecule has 0 radical (unpaired) electrons. The molecule has 0 aromatic heterocycles. The molecule has 0 rings (SSSR count). The van der Waals surface area contributed by atoms with Gasteiger partial charge >= 0.3 is 5.97 Å². The molecule has 0 spiro atoms. The minimum atomic E-state index is -1.03. The van der Waals surface area contributed by atoms with E-state index in [2.05, 4.69) is 0 Å². The second kappa shape index (κ2) is 6.67. The van der Waals surface area contributed by atoms with E-state index in [1.54, 1.807) is 0 Å². The van der Waals surface area contributed by atoms with Crippen molar-refractivity contribution in [3.05, 3.63) is 11.8 Å². The maximum absolute atomic E-state index is 10.4. The highest BCUT2D eigenvalue weighted by Crippen LogP contribution is 1.99. The van der Waals surface area contributed by atoms with Crippen LogP contribution in [0.5, 0.6) is 0 Å². The van der Waals surface area contributed by atoms with Crippen LogP contribution in [-0.4, -0.2) is 31.4 Å². The third-order valence-corrected chi connectivity index (χ3v) is 1.15. The zero-order valence-electron chi connectivity index (χ0n) is 7.37. The van der Waals surface area contributed by atoms with Crippen molar-refractivity contribution in [1.29, 1.82) is 0 Å². The predicted molar refractivity (Wildman–Crippen MR) is 43.8 cm³/mol. The van der Waals surface area contributed by atoms with Gasteiger partial charge in [-0.2, -0.15) is 0 Å². The van der Waals surface area contributed by atoms with E-state index < -0.39 is 5.97 Å². The Morgan fingerprint density at radius 2 is 2.17 bits per heavy atom. The molecule has 12 heavy (non-hydrogen) atoms. The molecule has 0 aliphatic rings. The van der Waals surface area contributed by atoms with Gasteiger partial charge in [0.2, 0.25) is 0 Å². The van der Waals surface area contributed by atoms with Gasteiger partial charge in [-0.1, -0.05) is 6.92 Å². The summed E-state index contributed by atoms with van der Waals surface area (Å²) < 4.78 is 9.63. The maximum Gasteiger partial charge on any atom is 0.370 e. The smallest absolute Gasteiger partial charge is 0.370 e. The summed E-state index contributed by atoms with van der Waals surface area (Å²) in [5.74, 6) is -1.04. The molecule has 0 amide bonds. The lowest BCUT2D eigenvalue weighted by Crippen LogP contribution is -2.08. The van der Waals surface area contributed by atoms with E-state index >= 15 is 0 Å². The van der Waals surface area contributed by atoms with Crippen LogP contribution in [-0.2, 0) is 14.3 Å². The van der Waals surface area contributed by atoms with Crippen LogP contribution in [0.2, 0.25) is 0 Å². The second-order valence-corrected chi connectivity index (χ2v) is 2.12. The van der Waals surface area contributed by atoms with E-state index in [1.807, 2.05) is 6.92 Å². The summed E-state index contributed by atoms with van der Waals surface area (Å²) in [5.41, 5.74) is 0. The molecule has 0 saturated carbocycles. The van der Waals surface area contributed by atoms with Crippen LogP contribution in [0.25, 0.3) is 0 Å². The minimum absolute atomic E-state index is 0.00505. The standard InChI is InChI=1S/C8H14O4/c1-3-4-7(8(9)10)12-6-5-11-2/h4H,3,5-6H2,1-2H3,(H,9,10)/b7-4+. The Morgan fingerprint density at radius 3 is 2.58 bits per heavy atom. The van der Waals surface area contributed by atoms with Crippen LogP contribution in [0, 0.1) is 0 Å². The van der Waals surface area contributed by atoms with E-state index in [4.69, 9.17) is 14.6 Å². The van der Waals surface area contributed by atoms with Gasteiger partial charge in [0.25, 0.3) is 0 Å². The molecule has 0 fully saturated rings. The Labute approximate surface area is 71.8 Å². The van der Waals surface area contributed by atoms with Gasteiger partial charge in [-0.25, -0.2) is 4.79 Å². The van der Waals surface area contributed by atoms with Gasteiger partial charge in [0.05, 0.1) is 6.61 Å². The summed E-state index contributed by atoms with van der Waals surface area (Å²) in [6.45, 7) is 2.52. The van der Waals surface area contributed by atoms with E-state index in [0.717, 1.165) is 0 Å². The highest BCUT2D eigenvalue weighted by atomic mass is 16.5. The van der Waals surface area contributed by atoms with Crippen molar-refractivity contribution in [2.75, 3.05) is 20.3 Å². The molecule has 0 bridgehead atoms. The lowest BCUT2D eigenvalue weighted by Gasteiger charge is -2.04. The zero-order valence-corrected chi connectivity index (χ0v) is 7.37. The van der Waals surface area contributed by atoms with Crippen LogP contribution in [0.4, 0.5) is 0 Å². The van der Waals surface area contributed by atoms with Crippen molar-refractivity contribution < 1.29 is 19.4 Å². The molecule has 0 saturated heterocycles. The van der Waals surface area contributed by atoms with Gasteiger partial charge in [-0.05, 0) is 12.5 Å². The summed E-state index contributed by atoms with van der Waals surface area (Å²) in [4.78, 5) is 10.4. The highest BCUT2D eigenvalue weighted by Gasteiger charge is 2.06. The molecular formula is C8H14O4. The first kappa shape index (κ1) is 11.0. The summed E-state index contributed by atoms with van der Waals surface area (Å²) in [6.07, 6.45) is 2.17. The number of methoxy groups -OCH3 is 1. The van der Waals surface area contributed by atoms with Gasteiger partial charge in [0.1, 0.15) is 6.61 Å². The predicted octanol–water partition coefficient (Wildman–Crippen LogP) is 1.03. The third kappa shape index (κ3) is 4.73. The molecule has 0 aliphatic heterocycles. The normalized spacial score (nSPS) is 11.3. The van der Waals surface area contributed by atoms with Crippen LogP contribution >= 0.6 is 0 Å². The van der Waals surface area contributed by atoms with Crippen LogP contribution in [0.1, 0.15) is 13.3 Å². The zero-order chi connectivity index (χ0) is 9.40. The van der Waals surface area contributed by atoms with Gasteiger partial charge in [0, 0.05) is 7.11 Å². The minimum Gasteiger partial charge on any atom is -0.484 e. The number of ether oxygens (including phenoxy) is 2. The number of aliphatic carboxylic acids is 1. The van der Waals surface area contributed by atoms with E-state index in [9.17, 15) is 4.79 Å². The molecule has 0 heterocycles. The van der Waals surface area contributed by atoms with Crippen molar-refractivity contribution in [2.24, 2.45) is 0 Å². The summed E-state index contributed by atoms with van der Waals surface area (Å²) in [5, 5.41) is 8.57. The summed E-state index contributed by atoms with van der Waals surface area (Å²) in [6, 6.07) is 0. The number of carbonyl (C=O) groups is 1. The number of hydrogen-bond acceptors (Lipinski definition) is 3. The van der Waals surface area contributed by atoms with Crippen LogP contribution in [0.15, 0.2) is 11.8 Å². The third-order valence-electron chi connectivity index (χ3n) is 1.15. The first-order valence-corrected chi connectivity index (χ1v) is 3.77. The SMILES string of the molecule is CC/C=C(/OCCOC)C(=O)O. The van der Waals surface area contributed by atoms with Gasteiger partial charge in [-0.15, -0.1) is 0 Å². The average Bonchev–Trinajstić information content (AvgIpc) is 2.03. The fraction of sp³-hybridized carbons (Fsp3) is 0.625. The molecule has 70 valence electrons. The Kier molecular flexibility index (Phi) is 6.09. The molecule has 0 aromatic carbocycles. The van der Waals surface area contributed by atoms with Crippen LogP contribution in [0.3, 0.4) is 0 Å². The Bertz CT molecular complexity index is 162. The lowest BCUT2D eigenvalue weighted by molar-refractivity contribution is -0.136. The molecule has 0 atom stereocenters. The fourth-order valence-corrected chi connectivity index (χ4v) is 0.628. The first-order valence-electron chi connectivity index (χ1n) is 3.77. The number of carboxylic acid groups (broad SMARTS) is 1. The molecule has 4 nitrogen and oxygen atoms in total. The molecule has 1 N–H and O–H groups in total. The molecule has 0 aromatic rings. The summed E-state index contributed by atoms with van der Waals surface area (Å²) in [7, 11) is 1.54. The van der Waals surface area contributed by atoms with E-state index in [0.29, 0.717) is 13.0 Å². The maximum atomic E-state index is 10.4. The van der Waals surface area contributed by atoms with Gasteiger partial charge < -0.3 is 14.6 Å². The Morgan fingerprint density at radius 1 is 1.50 bits per heavy atom. The fourth-order valence-electron chi connectivity index (χ4n) is 0.628. The quantitative estimate of drug-likeness (QED) is 0.371. The van der Waals surface area contributed by atoms with Crippen molar-refractivity contribution >= 4 is 5.97 Å². The average molecular weight is 174 g/mol. The monoisotopic (exact) mass is 174 g/mol. The number of rotatable bonds is 6. The highest BCUT2D eigenvalue weighted by molar-refractivity contribution is 5.84. The lowest BCUT2D eigenvalue weighted by atomic mass is 10.4. The molecule has 0 aliphatic carbocycles. The van der Waals surface area contributed by atoms with Crippen molar-refractivity contribution in [3.63, 3.8) is 0 Å². The van der Waals surface area contributed by atoms with E-state index in [1.165, 1.54) is 13.2 Å². The van der Waals surface area contributed by atoms with Crippen molar-refractivity contribution in [1.82, 2.24) is 0 Å². The summed E-state index contributed by atoms with van der Waals surface area (Å²) >= 11 is 0. The second-order valence-electron chi connectivity index (χ2n) is 2.12. The molecular weight excluding hydrogens is 160 g/mol. The van der Waals surface area contributed by atoms with Crippen molar-refractivity contribution in [2.45, 2.75) is 13.3 Å². The number of allylic oxidation sites excluding steroid dienone is 1. The topological polar surface area (TPSA) is 55.8 Å². The van der Waals surface area contributed by atoms with Gasteiger partial charge in [0.15, 0.2) is 5.76 Å². The van der Waals surface area contributed by atoms with Crippen molar-refractivity contribution in [3.8, 4) is 0 Å². The molecule has 0 unspecified atom stereocenters. The Hall–Kier alpha value is -1.03. The van der Waals surface area contributed by atoms with Crippen LogP contribution < -0.4 is 0 Å². The Balaban J connectivity index is 3.81. The first-order chi connectivity index (χ1) is 5.72. The van der Waals surface area contributed by atoms with Gasteiger partial charge in [-0.3, -0.25) is 0 Å². The number of hydrogen-bond donors (Lipinski definition) is 1. The largest absolute Gasteiger partial charge is 0.484 e. The molecule has 4 heteroatoms.